The van der Waals surface area contributed by atoms with Crippen LogP contribution in [0.3, 0.4) is 0 Å². The van der Waals surface area contributed by atoms with Crippen molar-refractivity contribution in [2.24, 2.45) is 23.2 Å². The van der Waals surface area contributed by atoms with Crippen LogP contribution in [0.4, 0.5) is 4.79 Å². The number of carbonyl (C=O) groups is 1. The van der Waals surface area contributed by atoms with Crippen LogP contribution < -0.4 is 0 Å². The van der Waals surface area contributed by atoms with Gasteiger partial charge in [-0.25, -0.2) is 4.79 Å². The lowest BCUT2D eigenvalue weighted by Crippen LogP contribution is -2.46. The van der Waals surface area contributed by atoms with Gasteiger partial charge >= 0.3 is 6.16 Å². The van der Waals surface area contributed by atoms with Crippen LogP contribution in [0, 0.1) is 23.2 Å². The Hall–Kier alpha value is -0.250. The highest BCUT2D eigenvalue weighted by Gasteiger charge is 2.50. The predicted molar refractivity (Wildman–Crippen MR) is 94.8 cm³/mol. The van der Waals surface area contributed by atoms with Crippen molar-refractivity contribution in [2.75, 3.05) is 18.5 Å². The van der Waals surface area contributed by atoms with Crippen molar-refractivity contribution in [1.29, 1.82) is 0 Å². The van der Waals surface area contributed by atoms with Crippen LogP contribution in [0.1, 0.15) is 70.6 Å². The lowest BCUT2D eigenvalue weighted by atomic mass is 9.49. The van der Waals surface area contributed by atoms with Gasteiger partial charge in [-0.3, -0.25) is 0 Å². The van der Waals surface area contributed by atoms with Gasteiger partial charge in [0.15, 0.2) is 0 Å². The summed E-state index contributed by atoms with van der Waals surface area (Å²) in [6, 6.07) is 0. The Bertz CT molecular complexity index is 361. The van der Waals surface area contributed by atoms with Gasteiger partial charge in [-0.1, -0.05) is 28.8 Å². The fourth-order valence-electron chi connectivity index (χ4n) is 5.69. The maximum Gasteiger partial charge on any atom is 0.508 e. The van der Waals surface area contributed by atoms with E-state index in [-0.39, 0.29) is 0 Å². The van der Waals surface area contributed by atoms with Crippen molar-refractivity contribution in [1.82, 2.24) is 0 Å². The first kappa shape index (κ1) is 17.6. The first-order valence-corrected chi connectivity index (χ1v) is 10.7. The average Bonchev–Trinajstić information content (AvgIpc) is 2.49. The van der Waals surface area contributed by atoms with Crippen LogP contribution in [-0.2, 0) is 9.47 Å². The molecule has 4 aliphatic carbocycles. The molecule has 4 rings (SSSR count). The summed E-state index contributed by atoms with van der Waals surface area (Å²) in [5.41, 5.74) is 0.491. The summed E-state index contributed by atoms with van der Waals surface area (Å²) in [7, 11) is 0. The molecule has 4 bridgehead atoms. The van der Waals surface area contributed by atoms with E-state index in [0.29, 0.717) is 18.6 Å². The zero-order valence-electron chi connectivity index (χ0n) is 14.2. The normalized spacial score (nSPS) is 34.6. The minimum Gasteiger partial charge on any atom is -0.434 e. The Morgan fingerprint density at radius 1 is 0.870 bits per heavy atom. The zero-order valence-corrected chi connectivity index (χ0v) is 15.8. The Morgan fingerprint density at radius 3 is 2.04 bits per heavy atom. The molecule has 23 heavy (non-hydrogen) atoms. The van der Waals surface area contributed by atoms with E-state index in [1.165, 1.54) is 51.4 Å². The second-order valence-corrected chi connectivity index (χ2v) is 9.01. The van der Waals surface area contributed by atoms with Gasteiger partial charge in [0.1, 0.15) is 0 Å². The highest BCUT2D eigenvalue weighted by molar-refractivity contribution is 9.09. The van der Waals surface area contributed by atoms with E-state index >= 15 is 0 Å². The molecule has 4 heteroatoms. The highest BCUT2D eigenvalue weighted by Crippen LogP contribution is 2.61. The number of hydrogen-bond donors (Lipinski definition) is 0. The molecule has 0 saturated heterocycles. The summed E-state index contributed by atoms with van der Waals surface area (Å²) in [5.74, 6) is 2.90. The molecule has 132 valence electrons. The second kappa shape index (κ2) is 8.22. The van der Waals surface area contributed by atoms with Crippen molar-refractivity contribution in [3.8, 4) is 0 Å². The molecule has 0 amide bonds. The van der Waals surface area contributed by atoms with Gasteiger partial charge in [0, 0.05) is 5.33 Å². The molecule has 0 unspecified atom stereocenters. The largest absolute Gasteiger partial charge is 0.508 e. The third-order valence-corrected chi connectivity index (χ3v) is 6.83. The molecule has 0 spiro atoms. The molecular weight excluding hydrogens is 356 g/mol. The van der Waals surface area contributed by atoms with Crippen LogP contribution in [0.15, 0.2) is 0 Å². The van der Waals surface area contributed by atoms with Crippen LogP contribution in [-0.4, -0.2) is 24.7 Å². The lowest BCUT2D eigenvalue weighted by Gasteiger charge is -2.57. The van der Waals surface area contributed by atoms with Crippen molar-refractivity contribution in [2.45, 2.75) is 70.6 Å². The monoisotopic (exact) mass is 386 g/mol. The maximum absolute atomic E-state index is 11.7. The molecule has 0 radical (unpaired) electrons. The number of rotatable bonds is 9. The van der Waals surface area contributed by atoms with E-state index in [0.717, 1.165) is 42.3 Å². The van der Waals surface area contributed by atoms with Crippen molar-refractivity contribution >= 4 is 22.1 Å². The molecule has 4 fully saturated rings. The van der Waals surface area contributed by atoms with E-state index in [4.69, 9.17) is 9.47 Å². The van der Waals surface area contributed by atoms with Crippen LogP contribution in [0.2, 0.25) is 0 Å². The van der Waals surface area contributed by atoms with E-state index in [1.807, 2.05) is 0 Å². The minimum absolute atomic E-state index is 0.463. The van der Waals surface area contributed by atoms with Crippen LogP contribution >= 0.6 is 15.9 Å². The summed E-state index contributed by atoms with van der Waals surface area (Å²) in [5, 5.41) is 1.06. The van der Waals surface area contributed by atoms with Crippen molar-refractivity contribution in [3.05, 3.63) is 0 Å². The van der Waals surface area contributed by atoms with Crippen LogP contribution in [0.5, 0.6) is 0 Å². The van der Waals surface area contributed by atoms with Gasteiger partial charge < -0.3 is 9.47 Å². The third-order valence-electron chi connectivity index (χ3n) is 6.27. The summed E-state index contributed by atoms with van der Waals surface area (Å²) in [6.07, 6.45) is 13.6. The predicted octanol–water partition coefficient (Wildman–Crippen LogP) is 5.70. The summed E-state index contributed by atoms with van der Waals surface area (Å²) in [6.45, 7) is 1.05. The standard InChI is InChI=1S/C19H31BrO3/c20-6-3-1-2-4-7-22-18(21)23-8-5-19-12-15-9-16(13-19)11-17(10-15)14-19/h15-17H,1-14H2. The maximum atomic E-state index is 11.7. The van der Waals surface area contributed by atoms with Gasteiger partial charge in [-0.2, -0.15) is 0 Å². The number of hydrogen-bond acceptors (Lipinski definition) is 3. The molecule has 0 atom stereocenters. The topological polar surface area (TPSA) is 35.5 Å². The van der Waals surface area contributed by atoms with Gasteiger partial charge in [-0.05, 0) is 81.0 Å². The smallest absolute Gasteiger partial charge is 0.434 e. The molecule has 0 aromatic carbocycles. The Morgan fingerprint density at radius 2 is 1.43 bits per heavy atom. The van der Waals surface area contributed by atoms with Crippen molar-refractivity contribution < 1.29 is 14.3 Å². The lowest BCUT2D eigenvalue weighted by molar-refractivity contribution is -0.0670. The molecule has 4 saturated carbocycles. The second-order valence-electron chi connectivity index (χ2n) is 8.22. The summed E-state index contributed by atoms with van der Waals surface area (Å²) in [4.78, 5) is 11.7. The van der Waals surface area contributed by atoms with E-state index in [1.54, 1.807) is 0 Å². The Kier molecular flexibility index (Phi) is 6.28. The van der Waals surface area contributed by atoms with Gasteiger partial charge in [0.05, 0.1) is 13.2 Å². The van der Waals surface area contributed by atoms with Gasteiger partial charge in [-0.15, -0.1) is 0 Å². The zero-order chi connectivity index (χ0) is 16.1. The molecule has 0 heterocycles. The Labute approximate surface area is 149 Å². The first-order valence-electron chi connectivity index (χ1n) is 9.55. The highest BCUT2D eigenvalue weighted by atomic mass is 79.9. The molecule has 4 aliphatic rings. The van der Waals surface area contributed by atoms with Crippen molar-refractivity contribution in [3.63, 3.8) is 0 Å². The third kappa shape index (κ3) is 4.87. The number of ether oxygens (including phenoxy) is 2. The van der Waals surface area contributed by atoms with E-state index < -0.39 is 6.16 Å². The molecule has 0 N–H and O–H groups in total. The van der Waals surface area contributed by atoms with Gasteiger partial charge in [0.2, 0.25) is 0 Å². The Balaban J connectivity index is 1.28. The number of halogens is 1. The van der Waals surface area contributed by atoms with E-state index in [2.05, 4.69) is 15.9 Å². The molecule has 0 aromatic heterocycles. The number of unbranched alkanes of at least 4 members (excludes halogenated alkanes) is 3. The first-order chi connectivity index (χ1) is 11.2. The van der Waals surface area contributed by atoms with E-state index in [9.17, 15) is 4.79 Å². The number of carbonyl (C=O) groups excluding carboxylic acids is 1. The summed E-state index contributed by atoms with van der Waals surface area (Å²) >= 11 is 3.42. The minimum atomic E-state index is -0.463. The molecule has 0 aromatic rings. The quantitative estimate of drug-likeness (QED) is 0.289. The molecule has 0 aliphatic heterocycles. The average molecular weight is 387 g/mol. The number of alkyl halides is 1. The van der Waals surface area contributed by atoms with Gasteiger partial charge in [0.25, 0.3) is 0 Å². The molecular formula is C19H31BrO3. The van der Waals surface area contributed by atoms with Crippen LogP contribution in [0.25, 0.3) is 0 Å². The SMILES string of the molecule is O=C(OCCCCCCBr)OCCC12CC3CC(CC(C3)C1)C2. The fraction of sp³-hybridized carbons (Fsp3) is 0.947. The molecule has 3 nitrogen and oxygen atoms in total. The summed E-state index contributed by atoms with van der Waals surface area (Å²) < 4.78 is 10.5. The fourth-order valence-corrected chi connectivity index (χ4v) is 6.09.